The highest BCUT2D eigenvalue weighted by Gasteiger charge is 2.29. The van der Waals surface area contributed by atoms with Crippen LogP contribution in [0.1, 0.15) is 47.7 Å². The molecule has 1 aliphatic rings. The molecule has 2 N–H and O–H groups in total. The van der Waals surface area contributed by atoms with Crippen LogP contribution in [0.5, 0.6) is 0 Å². The van der Waals surface area contributed by atoms with Gasteiger partial charge in [-0.3, -0.25) is 14.7 Å². The molecule has 1 atom stereocenters. The SMILES string of the molecule is CC(C)N(C)C(=O)c1cccc(F)c1-n1cc(C2CCN(Cc3ccc4[nH]c(=O)[nH]c4c3)C2)c2ccncc21. The van der Waals surface area contributed by atoms with Gasteiger partial charge in [0, 0.05) is 44.0 Å². The van der Waals surface area contributed by atoms with E-state index in [2.05, 4.69) is 19.9 Å². The second-order valence-corrected chi connectivity index (χ2v) is 10.7. The summed E-state index contributed by atoms with van der Waals surface area (Å²) in [5.41, 5.74) is 5.02. The average molecular weight is 527 g/mol. The number of aromatic amines is 2. The predicted molar refractivity (Wildman–Crippen MR) is 150 cm³/mol. The number of benzene rings is 2. The number of hydrogen-bond acceptors (Lipinski definition) is 4. The molecule has 1 unspecified atom stereocenters. The van der Waals surface area contributed by atoms with Crippen molar-refractivity contribution in [3.8, 4) is 5.69 Å². The fraction of sp³-hybridized carbons (Fsp3) is 0.300. The standard InChI is InChI=1S/C30H31FN6O2/c1-18(2)35(3)29(38)22-5-4-6-24(31)28(22)37-17-23(21-9-11-32-14-27(21)37)20-10-12-36(16-20)15-19-7-8-25-26(13-19)34-30(39)33-25/h4-9,11,13-14,17-18,20H,10,12,15-16H2,1-3H3,(H2,33,34,39). The minimum Gasteiger partial charge on any atom is -0.339 e. The Bertz CT molecular complexity index is 1750. The van der Waals surface area contributed by atoms with Crippen molar-refractivity contribution in [2.75, 3.05) is 20.1 Å². The van der Waals surface area contributed by atoms with E-state index >= 15 is 4.39 Å². The van der Waals surface area contributed by atoms with Crippen molar-refractivity contribution in [3.63, 3.8) is 0 Å². The van der Waals surface area contributed by atoms with E-state index in [0.717, 1.165) is 59.1 Å². The number of likely N-dealkylation sites (tertiary alicyclic amines) is 1. The molecule has 6 rings (SSSR count). The number of H-pyrrole nitrogens is 2. The minimum atomic E-state index is -0.448. The molecule has 0 spiro atoms. The lowest BCUT2D eigenvalue weighted by Crippen LogP contribution is -2.33. The van der Waals surface area contributed by atoms with Crippen molar-refractivity contribution < 1.29 is 9.18 Å². The Balaban J connectivity index is 1.33. The molecular weight excluding hydrogens is 495 g/mol. The molecule has 0 saturated carbocycles. The van der Waals surface area contributed by atoms with Crippen molar-refractivity contribution in [2.24, 2.45) is 0 Å². The van der Waals surface area contributed by atoms with Crippen molar-refractivity contribution in [1.82, 2.24) is 29.3 Å². The molecule has 1 aliphatic heterocycles. The van der Waals surface area contributed by atoms with Gasteiger partial charge in [0.05, 0.1) is 34.0 Å². The van der Waals surface area contributed by atoms with Crippen molar-refractivity contribution in [3.05, 3.63) is 94.0 Å². The number of nitrogens with one attached hydrogen (secondary N) is 2. The molecule has 39 heavy (non-hydrogen) atoms. The summed E-state index contributed by atoms with van der Waals surface area (Å²) in [7, 11) is 1.74. The van der Waals surface area contributed by atoms with Crippen molar-refractivity contribution in [1.29, 1.82) is 0 Å². The first-order valence-electron chi connectivity index (χ1n) is 13.2. The van der Waals surface area contributed by atoms with Gasteiger partial charge in [-0.15, -0.1) is 0 Å². The molecule has 5 aromatic rings. The Morgan fingerprint density at radius 1 is 1.18 bits per heavy atom. The molecule has 8 nitrogen and oxygen atoms in total. The number of pyridine rings is 1. The summed E-state index contributed by atoms with van der Waals surface area (Å²) in [5.74, 6) is -0.424. The van der Waals surface area contributed by atoms with Crippen LogP contribution in [-0.2, 0) is 6.54 Å². The lowest BCUT2D eigenvalue weighted by Gasteiger charge is -2.23. The number of imidazole rings is 1. The average Bonchev–Trinajstić information content (AvgIpc) is 3.63. The molecule has 2 aromatic carbocycles. The lowest BCUT2D eigenvalue weighted by molar-refractivity contribution is 0.0754. The topological polar surface area (TPSA) is 90.0 Å². The van der Waals surface area contributed by atoms with Gasteiger partial charge in [-0.2, -0.15) is 0 Å². The Labute approximate surface area is 225 Å². The van der Waals surface area contributed by atoms with E-state index in [1.165, 1.54) is 6.07 Å². The van der Waals surface area contributed by atoms with E-state index in [0.29, 0.717) is 5.56 Å². The third-order valence-electron chi connectivity index (χ3n) is 7.89. The normalized spacial score (nSPS) is 16.1. The number of hydrogen-bond donors (Lipinski definition) is 2. The van der Waals surface area contributed by atoms with Gasteiger partial charge < -0.3 is 19.4 Å². The monoisotopic (exact) mass is 526 g/mol. The zero-order valence-electron chi connectivity index (χ0n) is 22.2. The molecule has 0 radical (unpaired) electrons. The van der Waals surface area contributed by atoms with Crippen molar-refractivity contribution in [2.45, 2.75) is 38.8 Å². The molecule has 0 aliphatic carbocycles. The van der Waals surface area contributed by atoms with E-state index in [-0.39, 0.29) is 29.2 Å². The van der Waals surface area contributed by atoms with Gasteiger partial charge in [0.2, 0.25) is 0 Å². The number of carbonyl (C=O) groups is 1. The van der Waals surface area contributed by atoms with Crippen LogP contribution in [0, 0.1) is 5.82 Å². The third-order valence-corrected chi connectivity index (χ3v) is 7.89. The molecule has 3 aromatic heterocycles. The summed E-state index contributed by atoms with van der Waals surface area (Å²) >= 11 is 0. The van der Waals surface area contributed by atoms with Crippen LogP contribution in [0.4, 0.5) is 4.39 Å². The summed E-state index contributed by atoms with van der Waals surface area (Å²) in [6.45, 7) is 6.42. The summed E-state index contributed by atoms with van der Waals surface area (Å²) in [5, 5.41) is 1.02. The third kappa shape index (κ3) is 4.52. The Hall–Kier alpha value is -4.24. The smallest absolute Gasteiger partial charge is 0.323 e. The molecular formula is C30H31FN6O2. The largest absolute Gasteiger partial charge is 0.339 e. The van der Waals surface area contributed by atoms with Crippen LogP contribution in [0.3, 0.4) is 0 Å². The molecule has 1 saturated heterocycles. The maximum atomic E-state index is 15.4. The van der Waals surface area contributed by atoms with Gasteiger partial charge in [-0.05, 0) is 74.2 Å². The predicted octanol–water partition coefficient (Wildman–Crippen LogP) is 4.80. The zero-order valence-corrected chi connectivity index (χ0v) is 22.2. The highest BCUT2D eigenvalue weighted by atomic mass is 19.1. The van der Waals surface area contributed by atoms with Crippen molar-refractivity contribution >= 4 is 27.8 Å². The van der Waals surface area contributed by atoms with Gasteiger partial charge in [0.25, 0.3) is 5.91 Å². The Kier molecular flexibility index (Phi) is 6.31. The summed E-state index contributed by atoms with van der Waals surface area (Å²) < 4.78 is 17.2. The van der Waals surface area contributed by atoms with E-state index in [1.54, 1.807) is 41.0 Å². The summed E-state index contributed by atoms with van der Waals surface area (Å²) in [6, 6.07) is 12.6. The van der Waals surface area contributed by atoms with Crippen LogP contribution in [0.25, 0.3) is 27.6 Å². The number of para-hydroxylation sites is 1. The molecule has 4 heterocycles. The van der Waals surface area contributed by atoms with E-state index in [4.69, 9.17) is 0 Å². The molecule has 1 amide bonds. The molecule has 0 bridgehead atoms. The fourth-order valence-corrected chi connectivity index (χ4v) is 5.63. The zero-order chi connectivity index (χ0) is 27.3. The number of rotatable bonds is 6. The molecule has 200 valence electrons. The number of carbonyl (C=O) groups excluding carboxylic acids is 1. The van der Waals surface area contributed by atoms with Gasteiger partial charge in [-0.25, -0.2) is 9.18 Å². The Morgan fingerprint density at radius 2 is 2.00 bits per heavy atom. The highest BCUT2D eigenvalue weighted by molar-refractivity contribution is 5.99. The maximum absolute atomic E-state index is 15.4. The van der Waals surface area contributed by atoms with E-state index < -0.39 is 5.82 Å². The fourth-order valence-electron chi connectivity index (χ4n) is 5.63. The highest BCUT2D eigenvalue weighted by Crippen LogP contribution is 2.36. The molecule has 9 heteroatoms. The minimum absolute atomic E-state index is 0.0186. The summed E-state index contributed by atoms with van der Waals surface area (Å²) in [6.07, 6.45) is 6.45. The number of nitrogens with zero attached hydrogens (tertiary/aromatic N) is 4. The number of halogens is 1. The van der Waals surface area contributed by atoms with Crippen LogP contribution < -0.4 is 5.69 Å². The number of amides is 1. The summed E-state index contributed by atoms with van der Waals surface area (Å²) in [4.78, 5) is 38.9. The van der Waals surface area contributed by atoms with Gasteiger partial charge in [0.1, 0.15) is 5.82 Å². The lowest BCUT2D eigenvalue weighted by atomic mass is 9.98. The Morgan fingerprint density at radius 3 is 2.82 bits per heavy atom. The van der Waals surface area contributed by atoms with Gasteiger partial charge in [-0.1, -0.05) is 12.1 Å². The van der Waals surface area contributed by atoms with E-state index in [1.807, 2.05) is 44.3 Å². The first kappa shape index (κ1) is 25.1. The van der Waals surface area contributed by atoms with Gasteiger partial charge >= 0.3 is 5.69 Å². The van der Waals surface area contributed by atoms with Crippen LogP contribution in [0.2, 0.25) is 0 Å². The second kappa shape index (κ2) is 9.81. The quantitative estimate of drug-likeness (QED) is 0.333. The number of fused-ring (bicyclic) bond motifs is 2. The first-order valence-corrected chi connectivity index (χ1v) is 13.2. The van der Waals surface area contributed by atoms with Crippen LogP contribution in [-0.4, -0.2) is 61.4 Å². The van der Waals surface area contributed by atoms with Gasteiger partial charge in [0.15, 0.2) is 0 Å². The molecule has 1 fully saturated rings. The van der Waals surface area contributed by atoms with Crippen LogP contribution in [0.15, 0.2) is 65.8 Å². The maximum Gasteiger partial charge on any atom is 0.323 e. The number of aromatic nitrogens is 4. The van der Waals surface area contributed by atoms with E-state index in [9.17, 15) is 9.59 Å². The second-order valence-electron chi connectivity index (χ2n) is 10.7. The van der Waals surface area contributed by atoms with Crippen LogP contribution >= 0.6 is 0 Å². The first-order chi connectivity index (χ1) is 18.8.